The van der Waals surface area contributed by atoms with Gasteiger partial charge in [0.25, 0.3) is 0 Å². The monoisotopic (exact) mass is 464 g/mol. The fraction of sp³-hybridized carbons (Fsp3) is 0.611. The Labute approximate surface area is 169 Å². The average molecular weight is 464 g/mol. The molecule has 4 nitrogen and oxygen atoms in total. The first-order chi connectivity index (χ1) is 11.0. The summed E-state index contributed by atoms with van der Waals surface area (Å²) in [6, 6.07) is 10.6. The Bertz CT molecular complexity index is 465. The van der Waals surface area contributed by atoms with Crippen LogP contribution in [0, 0.1) is 0 Å². The van der Waals surface area contributed by atoms with Crippen LogP contribution in [0.4, 0.5) is 0 Å². The zero-order valence-electron chi connectivity index (χ0n) is 15.6. The molecule has 2 N–H and O–H groups in total. The van der Waals surface area contributed by atoms with Gasteiger partial charge in [0.05, 0.1) is 0 Å². The Morgan fingerprint density at radius 3 is 2.46 bits per heavy atom. The van der Waals surface area contributed by atoms with E-state index in [0.29, 0.717) is 0 Å². The van der Waals surface area contributed by atoms with E-state index in [2.05, 4.69) is 78.0 Å². The van der Waals surface area contributed by atoms with Gasteiger partial charge in [-0.25, -0.2) is 0 Å². The summed E-state index contributed by atoms with van der Waals surface area (Å²) in [6.45, 7) is 8.36. The van der Waals surface area contributed by atoms with Crippen LogP contribution in [-0.2, 0) is 6.54 Å². The molecule has 1 aromatic carbocycles. The number of halogens is 1. The molecule has 0 amide bonds. The first-order valence-corrected chi connectivity index (χ1v) is 9.41. The molecule has 1 rings (SSSR count). The molecule has 0 radical (unpaired) electrons. The number of benzene rings is 1. The zero-order valence-corrected chi connectivity index (χ0v) is 18.8. The normalized spacial score (nSPS) is 12.0. The van der Waals surface area contributed by atoms with Gasteiger partial charge < -0.3 is 15.5 Å². The topological polar surface area (TPSA) is 39.7 Å². The smallest absolute Gasteiger partial charge is 0.191 e. The molecular formula is C18H33IN4S. The first kappa shape index (κ1) is 23.5. The minimum atomic E-state index is 0. The van der Waals surface area contributed by atoms with E-state index in [4.69, 9.17) is 0 Å². The van der Waals surface area contributed by atoms with Crippen molar-refractivity contribution in [2.45, 2.75) is 31.6 Å². The molecular weight excluding hydrogens is 431 g/mol. The van der Waals surface area contributed by atoms with Crippen molar-refractivity contribution in [3.8, 4) is 0 Å². The molecule has 1 aromatic rings. The van der Waals surface area contributed by atoms with Gasteiger partial charge >= 0.3 is 0 Å². The largest absolute Gasteiger partial charge is 0.356 e. The Kier molecular flexibility index (Phi) is 12.6. The lowest BCUT2D eigenvalue weighted by molar-refractivity contribution is 0.322. The molecule has 0 saturated heterocycles. The van der Waals surface area contributed by atoms with E-state index in [0.717, 1.165) is 38.6 Å². The summed E-state index contributed by atoms with van der Waals surface area (Å²) < 4.78 is 0.216. The highest BCUT2D eigenvalue weighted by Crippen LogP contribution is 2.19. The van der Waals surface area contributed by atoms with Gasteiger partial charge in [-0.2, -0.15) is 11.8 Å². The molecule has 24 heavy (non-hydrogen) atoms. The maximum Gasteiger partial charge on any atom is 0.191 e. The highest BCUT2D eigenvalue weighted by atomic mass is 127. The van der Waals surface area contributed by atoms with Crippen molar-refractivity contribution in [1.82, 2.24) is 15.5 Å². The van der Waals surface area contributed by atoms with E-state index < -0.39 is 0 Å². The van der Waals surface area contributed by atoms with Crippen LogP contribution in [0.3, 0.4) is 0 Å². The summed E-state index contributed by atoms with van der Waals surface area (Å²) in [5.74, 6) is 0.887. The highest BCUT2D eigenvalue weighted by Gasteiger charge is 2.15. The Morgan fingerprint density at radius 2 is 1.88 bits per heavy atom. The molecule has 0 atom stereocenters. The third kappa shape index (κ3) is 10.4. The molecule has 138 valence electrons. The van der Waals surface area contributed by atoms with Crippen molar-refractivity contribution in [3.05, 3.63) is 35.9 Å². The first-order valence-electron chi connectivity index (χ1n) is 8.19. The fourth-order valence-corrected chi connectivity index (χ4v) is 2.34. The molecule has 0 spiro atoms. The lowest BCUT2D eigenvalue weighted by Gasteiger charge is -2.24. The average Bonchev–Trinajstić information content (AvgIpc) is 2.55. The molecule has 0 aliphatic carbocycles. The van der Waals surface area contributed by atoms with Crippen LogP contribution in [0.5, 0.6) is 0 Å². The summed E-state index contributed by atoms with van der Waals surface area (Å²) >= 11 is 1.86. The van der Waals surface area contributed by atoms with Gasteiger partial charge in [0.2, 0.25) is 0 Å². The minimum Gasteiger partial charge on any atom is -0.356 e. The molecule has 0 aromatic heterocycles. The number of aliphatic imine (C=N–C) groups is 1. The van der Waals surface area contributed by atoms with Gasteiger partial charge in [0, 0.05) is 31.4 Å². The Hall–Kier alpha value is -0.470. The number of guanidine groups is 1. The lowest BCUT2D eigenvalue weighted by atomic mass is 10.2. The van der Waals surface area contributed by atoms with Crippen molar-refractivity contribution in [1.29, 1.82) is 0 Å². The quantitative estimate of drug-likeness (QED) is 0.254. The van der Waals surface area contributed by atoms with Crippen molar-refractivity contribution in [2.24, 2.45) is 4.99 Å². The standard InChI is InChI=1S/C18H32N4S.HI/c1-18(2,23-5)15-21-17(19-3)20-12-9-13-22(4)14-16-10-7-6-8-11-16;/h6-8,10-11H,9,12-15H2,1-5H3,(H2,19,20,21);1H. The molecule has 0 unspecified atom stereocenters. The van der Waals surface area contributed by atoms with Gasteiger partial charge in [-0.05, 0) is 45.7 Å². The van der Waals surface area contributed by atoms with E-state index in [1.165, 1.54) is 5.56 Å². The van der Waals surface area contributed by atoms with E-state index in [-0.39, 0.29) is 28.7 Å². The molecule has 0 fully saturated rings. The Balaban J connectivity index is 0.00000529. The van der Waals surface area contributed by atoms with Crippen molar-refractivity contribution >= 4 is 41.7 Å². The Morgan fingerprint density at radius 1 is 1.21 bits per heavy atom. The number of thioether (sulfide) groups is 1. The fourth-order valence-electron chi connectivity index (χ4n) is 2.12. The number of nitrogens with one attached hydrogen (secondary N) is 2. The van der Waals surface area contributed by atoms with Gasteiger partial charge in [-0.15, -0.1) is 24.0 Å². The van der Waals surface area contributed by atoms with Crippen LogP contribution >= 0.6 is 35.7 Å². The van der Waals surface area contributed by atoms with Crippen molar-refractivity contribution in [3.63, 3.8) is 0 Å². The predicted molar refractivity (Wildman–Crippen MR) is 120 cm³/mol. The van der Waals surface area contributed by atoms with Gasteiger partial charge in [-0.1, -0.05) is 30.3 Å². The van der Waals surface area contributed by atoms with Crippen molar-refractivity contribution < 1.29 is 0 Å². The van der Waals surface area contributed by atoms with Crippen LogP contribution in [0.2, 0.25) is 0 Å². The van der Waals surface area contributed by atoms with Crippen molar-refractivity contribution in [2.75, 3.05) is 40.0 Å². The van der Waals surface area contributed by atoms with Gasteiger partial charge in [0.1, 0.15) is 0 Å². The lowest BCUT2D eigenvalue weighted by Crippen LogP contribution is -2.43. The van der Waals surface area contributed by atoms with Crippen LogP contribution in [0.15, 0.2) is 35.3 Å². The summed E-state index contributed by atoms with van der Waals surface area (Å²) in [7, 11) is 3.99. The van der Waals surface area contributed by atoms with E-state index in [1.54, 1.807) is 0 Å². The number of rotatable bonds is 9. The molecule has 0 aliphatic rings. The third-order valence-corrected chi connectivity index (χ3v) is 5.01. The van der Waals surface area contributed by atoms with Gasteiger partial charge in [-0.3, -0.25) is 4.99 Å². The zero-order chi connectivity index (χ0) is 17.1. The highest BCUT2D eigenvalue weighted by molar-refractivity contribution is 14.0. The second-order valence-electron chi connectivity index (χ2n) is 6.39. The number of nitrogens with zero attached hydrogens (tertiary/aromatic N) is 2. The molecule has 0 aliphatic heterocycles. The van der Waals surface area contributed by atoms with Crippen LogP contribution in [0.25, 0.3) is 0 Å². The SMILES string of the molecule is CN=C(NCCCN(C)Cc1ccccc1)NCC(C)(C)SC.I. The molecule has 0 heterocycles. The van der Waals surface area contributed by atoms with Gasteiger partial charge in [0.15, 0.2) is 5.96 Å². The van der Waals surface area contributed by atoms with E-state index >= 15 is 0 Å². The minimum absolute atomic E-state index is 0. The third-order valence-electron chi connectivity index (χ3n) is 3.76. The van der Waals surface area contributed by atoms with Crippen LogP contribution in [0.1, 0.15) is 25.8 Å². The molecule has 0 saturated carbocycles. The summed E-state index contributed by atoms with van der Waals surface area (Å²) in [6.07, 6.45) is 3.23. The predicted octanol–water partition coefficient (Wildman–Crippen LogP) is 3.43. The van der Waals surface area contributed by atoms with Crippen LogP contribution < -0.4 is 10.6 Å². The molecule has 6 heteroatoms. The van der Waals surface area contributed by atoms with Crippen LogP contribution in [-0.4, -0.2) is 55.6 Å². The summed E-state index contributed by atoms with van der Waals surface area (Å²) in [5, 5.41) is 6.78. The summed E-state index contributed by atoms with van der Waals surface area (Å²) in [4.78, 5) is 6.63. The van der Waals surface area contributed by atoms with E-state index in [1.807, 2.05) is 18.8 Å². The second kappa shape index (κ2) is 12.8. The van der Waals surface area contributed by atoms with E-state index in [9.17, 15) is 0 Å². The maximum absolute atomic E-state index is 4.28. The molecule has 0 bridgehead atoms. The number of hydrogen-bond donors (Lipinski definition) is 2. The number of hydrogen-bond acceptors (Lipinski definition) is 3. The summed E-state index contributed by atoms with van der Waals surface area (Å²) in [5.41, 5.74) is 1.36. The maximum atomic E-state index is 4.28. The second-order valence-corrected chi connectivity index (χ2v) is 7.91.